The number of rotatable bonds is 14. The van der Waals surface area contributed by atoms with Crippen LogP contribution in [0.15, 0.2) is 0 Å². The largest absolute Gasteiger partial charge is 0.481 e. The van der Waals surface area contributed by atoms with Crippen molar-refractivity contribution < 1.29 is 29.4 Å². The van der Waals surface area contributed by atoms with Gasteiger partial charge in [-0.1, -0.05) is 13.8 Å². The number of hydrogen-bond donors (Lipinski definition) is 6. The first kappa shape index (κ1) is 28.0. The highest BCUT2D eigenvalue weighted by atomic mass is 16.4. The fourth-order valence-corrected chi connectivity index (χ4v) is 2.07. The lowest BCUT2D eigenvalue weighted by molar-refractivity contribution is -0.140. The van der Waals surface area contributed by atoms with Gasteiger partial charge in [-0.2, -0.15) is 0 Å². The third-order valence-electron chi connectivity index (χ3n) is 3.74. The average molecular weight is 405 g/mol. The molecule has 0 saturated heterocycles. The second-order valence-electron chi connectivity index (χ2n) is 6.13. The van der Waals surface area contributed by atoms with E-state index in [1.165, 1.54) is 0 Å². The Kier molecular flexibility index (Phi) is 18.2. The zero-order valence-corrected chi connectivity index (χ0v) is 17.3. The summed E-state index contributed by atoms with van der Waals surface area (Å²) in [7, 11) is 3.22. The van der Waals surface area contributed by atoms with Gasteiger partial charge in [0.25, 0.3) is 0 Å². The molecule has 6 N–H and O–H groups in total. The van der Waals surface area contributed by atoms with Crippen LogP contribution in [-0.4, -0.2) is 73.2 Å². The van der Waals surface area contributed by atoms with Crippen LogP contribution >= 0.6 is 0 Å². The van der Waals surface area contributed by atoms with Gasteiger partial charge in [-0.25, -0.2) is 0 Å². The molecule has 0 radical (unpaired) electrons. The molecule has 10 heteroatoms. The van der Waals surface area contributed by atoms with Gasteiger partial charge in [0.2, 0.25) is 11.8 Å². The molecule has 0 aromatic heterocycles. The van der Waals surface area contributed by atoms with Crippen LogP contribution in [0.25, 0.3) is 0 Å². The molecule has 0 aromatic carbocycles. The minimum atomic E-state index is -0.921. The lowest BCUT2D eigenvalue weighted by Crippen LogP contribution is -2.43. The first-order valence-electron chi connectivity index (χ1n) is 9.56. The summed E-state index contributed by atoms with van der Waals surface area (Å²) in [4.78, 5) is 43.4. The van der Waals surface area contributed by atoms with Gasteiger partial charge in [-0.3, -0.25) is 19.2 Å². The summed E-state index contributed by atoms with van der Waals surface area (Å²) < 4.78 is 0. The fraction of sp³-hybridized carbons (Fsp3) is 0.778. The van der Waals surface area contributed by atoms with Gasteiger partial charge in [-0.05, 0) is 39.8 Å². The van der Waals surface area contributed by atoms with Crippen LogP contribution in [-0.2, 0) is 19.2 Å². The van der Waals surface area contributed by atoms with Crippen LogP contribution < -0.4 is 21.3 Å². The van der Waals surface area contributed by atoms with Gasteiger partial charge in [0.05, 0.1) is 6.04 Å². The highest BCUT2D eigenvalue weighted by Crippen LogP contribution is 1.98. The SMILES string of the molecule is CCCNC(=O)C(CCC(=O)O)NC.CCCNC(=O)CCC(NC)C(=O)O. The van der Waals surface area contributed by atoms with Gasteiger partial charge in [-0.15, -0.1) is 0 Å². The Morgan fingerprint density at radius 1 is 0.786 bits per heavy atom. The minimum absolute atomic E-state index is 0.00501. The molecular formula is C18H36N4O6. The normalized spacial score (nSPS) is 12.1. The Hall–Kier alpha value is -2.20. The van der Waals surface area contributed by atoms with Crippen molar-refractivity contribution in [3.63, 3.8) is 0 Å². The van der Waals surface area contributed by atoms with Crippen LogP contribution in [0.4, 0.5) is 0 Å². The van der Waals surface area contributed by atoms with Crippen molar-refractivity contribution in [1.29, 1.82) is 0 Å². The predicted octanol–water partition coefficient (Wildman–Crippen LogP) is -0.0692. The number of carboxylic acids is 2. The average Bonchev–Trinajstić information content (AvgIpc) is 2.65. The van der Waals surface area contributed by atoms with Gasteiger partial charge < -0.3 is 31.5 Å². The molecule has 2 unspecified atom stereocenters. The number of aliphatic carboxylic acids is 2. The van der Waals surface area contributed by atoms with E-state index < -0.39 is 24.0 Å². The topological polar surface area (TPSA) is 157 Å². The summed E-state index contributed by atoms with van der Waals surface area (Å²) in [5.74, 6) is -2.02. The second-order valence-corrected chi connectivity index (χ2v) is 6.13. The molecular weight excluding hydrogens is 368 g/mol. The molecule has 0 aromatic rings. The number of likely N-dealkylation sites (N-methyl/N-ethyl adjacent to an activating group) is 2. The maximum Gasteiger partial charge on any atom is 0.320 e. The Morgan fingerprint density at radius 3 is 1.71 bits per heavy atom. The van der Waals surface area contributed by atoms with E-state index in [1.807, 2.05) is 13.8 Å². The molecule has 0 spiro atoms. The smallest absolute Gasteiger partial charge is 0.320 e. The molecule has 0 heterocycles. The van der Waals surface area contributed by atoms with E-state index in [0.29, 0.717) is 25.9 Å². The number of carboxylic acid groups (broad SMARTS) is 2. The third-order valence-corrected chi connectivity index (χ3v) is 3.74. The number of amides is 2. The van der Waals surface area contributed by atoms with Gasteiger partial charge >= 0.3 is 11.9 Å². The van der Waals surface area contributed by atoms with E-state index in [1.54, 1.807) is 14.1 Å². The summed E-state index contributed by atoms with van der Waals surface area (Å²) in [5.41, 5.74) is 0. The maximum atomic E-state index is 11.4. The molecule has 0 saturated carbocycles. The molecule has 164 valence electrons. The number of carbonyl (C=O) groups is 4. The van der Waals surface area contributed by atoms with Crippen LogP contribution in [0, 0.1) is 0 Å². The molecule has 28 heavy (non-hydrogen) atoms. The Morgan fingerprint density at radius 2 is 1.29 bits per heavy atom. The van der Waals surface area contributed by atoms with Gasteiger partial charge in [0.15, 0.2) is 0 Å². The molecule has 0 fully saturated rings. The monoisotopic (exact) mass is 404 g/mol. The summed E-state index contributed by atoms with van der Waals surface area (Å²) in [6, 6.07) is -1.04. The van der Waals surface area contributed by atoms with E-state index >= 15 is 0 Å². The Balaban J connectivity index is 0. The third kappa shape index (κ3) is 16.0. The zero-order chi connectivity index (χ0) is 21.9. The van der Waals surface area contributed by atoms with E-state index in [0.717, 1.165) is 12.8 Å². The quantitative estimate of drug-likeness (QED) is 0.235. The Labute approximate surface area is 166 Å². The van der Waals surface area contributed by atoms with Crippen LogP contribution in [0.5, 0.6) is 0 Å². The lowest BCUT2D eigenvalue weighted by Gasteiger charge is -2.14. The Bertz CT molecular complexity index is 473. The number of nitrogens with one attached hydrogen (secondary N) is 4. The summed E-state index contributed by atoms with van der Waals surface area (Å²) >= 11 is 0. The van der Waals surface area contributed by atoms with Crippen molar-refractivity contribution in [2.24, 2.45) is 0 Å². The molecule has 0 aliphatic carbocycles. The molecule has 2 atom stereocenters. The molecule has 0 rings (SSSR count). The van der Waals surface area contributed by atoms with Gasteiger partial charge in [0.1, 0.15) is 6.04 Å². The number of carbonyl (C=O) groups excluding carboxylic acids is 2. The van der Waals surface area contributed by atoms with Crippen LogP contribution in [0.3, 0.4) is 0 Å². The highest BCUT2D eigenvalue weighted by molar-refractivity contribution is 5.82. The van der Waals surface area contributed by atoms with E-state index in [-0.39, 0.29) is 24.7 Å². The standard InChI is InChI=1S/2C9H18N2O3/c1-3-6-11-9(14)7(10-2)4-5-8(12)13;1-3-6-11-8(12)5-4-7(10-2)9(13)14/h7,10H,3-6H2,1-2H3,(H,11,14)(H,12,13);7,10H,3-6H2,1-2H3,(H,11,12)(H,13,14). The van der Waals surface area contributed by atoms with E-state index in [4.69, 9.17) is 10.2 Å². The van der Waals surface area contributed by atoms with Crippen LogP contribution in [0.2, 0.25) is 0 Å². The van der Waals surface area contributed by atoms with Crippen molar-refractivity contribution in [2.75, 3.05) is 27.2 Å². The van der Waals surface area contributed by atoms with Crippen molar-refractivity contribution >= 4 is 23.8 Å². The van der Waals surface area contributed by atoms with Gasteiger partial charge in [0, 0.05) is 25.9 Å². The van der Waals surface area contributed by atoms with Crippen LogP contribution in [0.1, 0.15) is 52.4 Å². The maximum absolute atomic E-state index is 11.4. The fourth-order valence-electron chi connectivity index (χ4n) is 2.07. The second kappa shape index (κ2) is 18.2. The predicted molar refractivity (Wildman–Crippen MR) is 106 cm³/mol. The van der Waals surface area contributed by atoms with Crippen molar-refractivity contribution in [2.45, 2.75) is 64.5 Å². The van der Waals surface area contributed by atoms with E-state index in [9.17, 15) is 19.2 Å². The van der Waals surface area contributed by atoms with Crippen molar-refractivity contribution in [1.82, 2.24) is 21.3 Å². The summed E-state index contributed by atoms with van der Waals surface area (Å²) in [5, 5.41) is 28.0. The molecule has 0 aliphatic heterocycles. The molecule has 10 nitrogen and oxygen atoms in total. The lowest BCUT2D eigenvalue weighted by atomic mass is 10.1. The molecule has 0 bridgehead atoms. The highest BCUT2D eigenvalue weighted by Gasteiger charge is 2.16. The molecule has 2 amide bonds. The summed E-state index contributed by atoms with van der Waals surface area (Å²) in [6.07, 6.45) is 2.66. The van der Waals surface area contributed by atoms with Crippen molar-refractivity contribution in [3.05, 3.63) is 0 Å². The van der Waals surface area contributed by atoms with Crippen molar-refractivity contribution in [3.8, 4) is 0 Å². The van der Waals surface area contributed by atoms with E-state index in [2.05, 4.69) is 21.3 Å². The molecule has 0 aliphatic rings. The number of hydrogen-bond acceptors (Lipinski definition) is 6. The zero-order valence-electron chi connectivity index (χ0n) is 17.3. The summed E-state index contributed by atoms with van der Waals surface area (Å²) in [6.45, 7) is 5.21. The first-order valence-corrected chi connectivity index (χ1v) is 9.56. The minimum Gasteiger partial charge on any atom is -0.481 e. The first-order chi connectivity index (χ1) is 13.2.